The maximum absolute atomic E-state index is 12.7. The van der Waals surface area contributed by atoms with Crippen LogP contribution in [0.5, 0.6) is 0 Å². The summed E-state index contributed by atoms with van der Waals surface area (Å²) in [7, 11) is 0. The second kappa shape index (κ2) is 9.10. The Balaban J connectivity index is 1.50. The number of fused-ring (bicyclic) bond motifs is 1. The van der Waals surface area contributed by atoms with Crippen LogP contribution in [-0.4, -0.2) is 52.8 Å². The van der Waals surface area contributed by atoms with E-state index < -0.39 is 16.9 Å². The molecule has 3 aliphatic heterocycles. The van der Waals surface area contributed by atoms with Crippen molar-refractivity contribution in [3.8, 4) is 0 Å². The van der Waals surface area contributed by atoms with Crippen molar-refractivity contribution in [1.82, 2.24) is 4.90 Å². The van der Waals surface area contributed by atoms with Crippen LogP contribution in [0.25, 0.3) is 0 Å². The zero-order valence-electron chi connectivity index (χ0n) is 16.3. The highest BCUT2D eigenvalue weighted by Gasteiger charge is 2.57. The third kappa shape index (κ3) is 4.49. The van der Waals surface area contributed by atoms with Gasteiger partial charge in [0.1, 0.15) is 17.7 Å². The molecular weight excluding hydrogens is 480 g/mol. The van der Waals surface area contributed by atoms with E-state index in [0.29, 0.717) is 23.4 Å². The first-order valence-electron chi connectivity index (χ1n) is 9.41. The minimum atomic E-state index is -0.769. The van der Waals surface area contributed by atoms with Crippen molar-refractivity contribution >= 4 is 68.6 Å². The van der Waals surface area contributed by atoms with Gasteiger partial charge in [-0.05, 0) is 43.3 Å². The largest absolute Gasteiger partial charge is 0.477 e. The maximum atomic E-state index is 12.7. The first-order chi connectivity index (χ1) is 14.8. The number of ether oxygens (including phenoxy) is 1. The van der Waals surface area contributed by atoms with Gasteiger partial charge in [-0.3, -0.25) is 24.6 Å². The predicted octanol–water partition coefficient (Wildman–Crippen LogP) is 3.92. The number of carbonyl (C=O) groups is 2. The van der Waals surface area contributed by atoms with Gasteiger partial charge in [-0.15, -0.1) is 11.8 Å². The maximum Gasteiger partial charge on any atom is 0.269 e. The number of β-lactam (4-membered cyclic amide) rings is 1. The van der Waals surface area contributed by atoms with Crippen molar-refractivity contribution in [2.24, 2.45) is 5.92 Å². The van der Waals surface area contributed by atoms with Gasteiger partial charge in [0.25, 0.3) is 5.69 Å². The molecule has 1 unspecified atom stereocenters. The van der Waals surface area contributed by atoms with E-state index in [2.05, 4.69) is 0 Å². The van der Waals surface area contributed by atoms with E-state index in [1.807, 2.05) is 0 Å². The number of benzene rings is 1. The molecule has 0 aromatic heterocycles. The van der Waals surface area contributed by atoms with E-state index in [4.69, 9.17) is 17.0 Å². The van der Waals surface area contributed by atoms with Gasteiger partial charge >= 0.3 is 0 Å². The molecule has 2 fully saturated rings. The number of non-ortho nitro benzene ring substituents is 1. The number of allylic oxidation sites excluding steroid dienone is 1. The Labute approximate surface area is 196 Å². The number of amides is 1. The average Bonchev–Trinajstić information content (AvgIpc) is 3.27. The topological polar surface area (TPSA) is 110 Å². The molecule has 1 aromatic rings. The van der Waals surface area contributed by atoms with Crippen molar-refractivity contribution in [3.05, 3.63) is 50.5 Å². The number of hydrogen-bond donors (Lipinski definition) is 1. The predicted molar refractivity (Wildman–Crippen MR) is 125 cm³/mol. The van der Waals surface area contributed by atoms with Crippen LogP contribution in [0, 0.1) is 16.0 Å². The first-order valence-corrected chi connectivity index (χ1v) is 12.6. The van der Waals surface area contributed by atoms with Crippen molar-refractivity contribution in [2.75, 3.05) is 5.75 Å². The number of thiocarbonyl (C=S) groups is 1. The van der Waals surface area contributed by atoms with E-state index in [9.17, 15) is 24.8 Å². The Hall–Kier alpha value is -1.60. The summed E-state index contributed by atoms with van der Waals surface area (Å²) in [5.41, 5.74) is 1.24. The molecule has 1 aromatic carbocycles. The van der Waals surface area contributed by atoms with Crippen molar-refractivity contribution in [3.63, 3.8) is 0 Å². The second-order valence-electron chi connectivity index (χ2n) is 7.26. The fourth-order valence-corrected chi connectivity index (χ4v) is 8.06. The molecule has 3 heterocycles. The smallest absolute Gasteiger partial charge is 0.269 e. The summed E-state index contributed by atoms with van der Waals surface area (Å²) in [4.78, 5) is 37.1. The van der Waals surface area contributed by atoms with Gasteiger partial charge in [0, 0.05) is 28.0 Å². The summed E-state index contributed by atoms with van der Waals surface area (Å²) in [5.74, 6) is 0.0147. The third-order valence-corrected chi connectivity index (χ3v) is 9.36. The lowest BCUT2D eigenvalue weighted by Gasteiger charge is -2.44. The molecular formula is C19H18N2O6S4. The fraction of sp³-hybridized carbons (Fsp3) is 0.421. The highest BCUT2D eigenvalue weighted by atomic mass is 32.2. The summed E-state index contributed by atoms with van der Waals surface area (Å²) < 4.78 is 5.87. The summed E-state index contributed by atoms with van der Waals surface area (Å²) in [6.07, 6.45) is -0.175. The number of aliphatic hydroxyl groups is 1. The van der Waals surface area contributed by atoms with E-state index in [1.54, 1.807) is 24.0 Å². The van der Waals surface area contributed by atoms with Crippen LogP contribution < -0.4 is 0 Å². The molecule has 0 spiro atoms. The van der Waals surface area contributed by atoms with Crippen molar-refractivity contribution in [2.45, 2.75) is 36.7 Å². The fourth-order valence-electron chi connectivity index (χ4n) is 3.59. The first kappa shape index (κ1) is 22.6. The molecule has 0 radical (unpaired) electrons. The zero-order chi connectivity index (χ0) is 22.3. The van der Waals surface area contributed by atoms with Crippen LogP contribution in [0.4, 0.5) is 10.5 Å². The lowest BCUT2D eigenvalue weighted by atomic mass is 9.92. The second-order valence-corrected chi connectivity index (χ2v) is 11.4. The molecule has 164 valence electrons. The Morgan fingerprint density at radius 2 is 2.06 bits per heavy atom. The normalized spacial score (nSPS) is 26.0. The monoisotopic (exact) mass is 498 g/mol. The molecule has 0 bridgehead atoms. The van der Waals surface area contributed by atoms with Gasteiger partial charge in [0.2, 0.25) is 15.4 Å². The van der Waals surface area contributed by atoms with Crippen LogP contribution in [-0.2, 0) is 16.1 Å². The number of nitro benzene ring substituents is 1. The molecule has 2 saturated heterocycles. The Kier molecular flexibility index (Phi) is 6.63. The Morgan fingerprint density at radius 1 is 1.35 bits per heavy atom. The number of carbonyl (C=O) groups excluding carboxylic acids is 2. The average molecular weight is 499 g/mol. The van der Waals surface area contributed by atoms with Crippen molar-refractivity contribution in [1.29, 1.82) is 0 Å². The summed E-state index contributed by atoms with van der Waals surface area (Å²) in [5, 5.41) is 20.8. The Morgan fingerprint density at radius 3 is 2.65 bits per heavy atom. The third-order valence-electron chi connectivity index (χ3n) is 5.15. The molecule has 1 N–H and O–H groups in total. The summed E-state index contributed by atoms with van der Waals surface area (Å²) >= 11 is 9.59. The lowest BCUT2D eigenvalue weighted by molar-refractivity contribution is -0.384. The minimum Gasteiger partial charge on any atom is -0.477 e. The van der Waals surface area contributed by atoms with E-state index in [-0.39, 0.29) is 38.3 Å². The Bertz CT molecular complexity index is 980. The van der Waals surface area contributed by atoms with Crippen LogP contribution in [0.1, 0.15) is 18.9 Å². The van der Waals surface area contributed by atoms with Crippen LogP contribution >= 0.6 is 47.5 Å². The molecule has 0 aliphatic carbocycles. The van der Waals surface area contributed by atoms with E-state index >= 15 is 0 Å². The van der Waals surface area contributed by atoms with Crippen LogP contribution in [0.15, 0.2) is 34.9 Å². The van der Waals surface area contributed by atoms with E-state index in [0.717, 1.165) is 4.91 Å². The lowest BCUT2D eigenvalue weighted by Crippen LogP contribution is -2.60. The standard InChI is InChI=1S/C19H18N2O6S4/c1-9(22)14-16(23)20-15(13(31-17(14)20)6-12-8-29-19(24)30-12)18(28)27-7-10-2-4-11(5-3-10)21(25)26/h2-5,9,12,14,17,22H,6-8H2,1H3/t9-,12?,14+,17-/m1/s1. The van der Waals surface area contributed by atoms with Gasteiger partial charge in [0.15, 0.2) is 0 Å². The number of rotatable bonds is 7. The number of thioether (sulfide) groups is 3. The minimum absolute atomic E-state index is 0.0109. The van der Waals surface area contributed by atoms with E-state index in [1.165, 1.54) is 47.4 Å². The summed E-state index contributed by atoms with van der Waals surface area (Å²) in [6, 6.07) is 5.98. The summed E-state index contributed by atoms with van der Waals surface area (Å²) in [6.45, 7) is 1.71. The van der Waals surface area contributed by atoms with Crippen molar-refractivity contribution < 1.29 is 24.4 Å². The van der Waals surface area contributed by atoms with Gasteiger partial charge in [-0.1, -0.05) is 23.5 Å². The highest BCUT2D eigenvalue weighted by Crippen LogP contribution is 2.53. The quantitative estimate of drug-likeness (QED) is 0.257. The van der Waals surface area contributed by atoms with Crippen LogP contribution in [0.3, 0.4) is 0 Å². The molecule has 12 heteroatoms. The molecule has 3 aliphatic rings. The van der Waals surface area contributed by atoms with Gasteiger partial charge in [-0.2, -0.15) is 0 Å². The number of hydrogen-bond acceptors (Lipinski definition) is 10. The molecule has 1 amide bonds. The number of aliphatic hydroxyl groups excluding tert-OH is 1. The number of nitro groups is 1. The van der Waals surface area contributed by atoms with Gasteiger partial charge in [0.05, 0.1) is 16.9 Å². The molecule has 4 rings (SSSR count). The SMILES string of the molecule is C[C@@H](O)[C@H]1C(=O)N2C(C(=S)OCc3ccc([N+](=O)[O-])cc3)=C(CC3CSC(=O)S3)S[C@H]12. The van der Waals surface area contributed by atoms with Gasteiger partial charge < -0.3 is 9.84 Å². The van der Waals surface area contributed by atoms with Gasteiger partial charge in [-0.25, -0.2) is 0 Å². The molecule has 4 atom stereocenters. The highest BCUT2D eigenvalue weighted by molar-refractivity contribution is 8.41. The number of nitrogens with zero attached hydrogens (tertiary/aromatic N) is 2. The molecule has 0 saturated carbocycles. The zero-order valence-corrected chi connectivity index (χ0v) is 19.5. The molecule has 8 nitrogen and oxygen atoms in total. The van der Waals surface area contributed by atoms with Crippen LogP contribution in [0.2, 0.25) is 0 Å². The molecule has 31 heavy (non-hydrogen) atoms.